The van der Waals surface area contributed by atoms with Gasteiger partial charge >= 0.3 is 5.97 Å². The Bertz CT molecular complexity index is 680. The van der Waals surface area contributed by atoms with Crippen LogP contribution >= 0.6 is 0 Å². The molecule has 4 N–H and O–H groups in total. The number of nitrogens with one attached hydrogen (secondary N) is 2. The maximum Gasteiger partial charge on any atom is 0.308 e. The van der Waals surface area contributed by atoms with Crippen LogP contribution in [0.5, 0.6) is 0 Å². The number of nitrogens with two attached hydrogens (primary N) is 1. The lowest BCUT2D eigenvalue weighted by Gasteiger charge is -2.21. The lowest BCUT2D eigenvalue weighted by Crippen LogP contribution is -2.54. The normalized spacial score (nSPS) is 12.6. The van der Waals surface area contributed by atoms with Crippen LogP contribution in [0.25, 0.3) is 0 Å². The quantitative estimate of drug-likeness (QED) is 0.521. The molecule has 0 fully saturated rings. The molecule has 2 atom stereocenters. The van der Waals surface area contributed by atoms with Crippen LogP contribution < -0.4 is 16.4 Å². The summed E-state index contributed by atoms with van der Waals surface area (Å²) in [5, 5.41) is 4.69. The number of benzene rings is 1. The molecule has 142 valence electrons. The van der Waals surface area contributed by atoms with Gasteiger partial charge in [0.05, 0.1) is 13.0 Å². The van der Waals surface area contributed by atoms with E-state index in [0.717, 1.165) is 0 Å². The van der Waals surface area contributed by atoms with Gasteiger partial charge in [-0.15, -0.1) is 0 Å². The second-order valence-electron chi connectivity index (χ2n) is 5.52. The van der Waals surface area contributed by atoms with E-state index in [-0.39, 0.29) is 18.6 Å². The molecule has 1 rings (SSSR count). The molecule has 1 aromatic rings. The largest absolute Gasteiger partial charge is 0.466 e. The number of rotatable bonds is 9. The van der Waals surface area contributed by atoms with E-state index in [1.54, 1.807) is 13.0 Å². The summed E-state index contributed by atoms with van der Waals surface area (Å²) in [4.78, 5) is 46.8. The van der Waals surface area contributed by atoms with Crippen molar-refractivity contribution in [1.82, 2.24) is 10.6 Å². The number of halogens is 1. The number of hydrogen-bond acceptors (Lipinski definition) is 5. The summed E-state index contributed by atoms with van der Waals surface area (Å²) in [7, 11) is 0. The number of hydrogen-bond donors (Lipinski definition) is 3. The second-order valence-corrected chi connectivity index (χ2v) is 5.52. The van der Waals surface area contributed by atoms with Crippen molar-refractivity contribution >= 4 is 23.7 Å². The Morgan fingerprint density at radius 1 is 1.15 bits per heavy atom. The Hall–Kier alpha value is -2.97. The smallest absolute Gasteiger partial charge is 0.308 e. The molecule has 0 unspecified atom stereocenters. The standard InChI is InChI=1S/C17H22FN3O5/c1-3-26-15(23)9-13(16(19)24)21-17(25)14(20-10(2)22)8-11-6-4-5-7-12(11)18/h4-7,13-14H,3,8-9H2,1-2H3,(H2,19,24)(H,20,22)(H,21,25)/t13-,14+/m0/s1. The van der Waals surface area contributed by atoms with Gasteiger partial charge in [-0.05, 0) is 18.6 Å². The maximum absolute atomic E-state index is 13.8. The molecule has 0 saturated carbocycles. The molecule has 26 heavy (non-hydrogen) atoms. The van der Waals surface area contributed by atoms with E-state index in [1.807, 2.05) is 0 Å². The molecular weight excluding hydrogens is 345 g/mol. The first-order valence-electron chi connectivity index (χ1n) is 8.00. The van der Waals surface area contributed by atoms with Crippen molar-refractivity contribution in [2.24, 2.45) is 5.73 Å². The van der Waals surface area contributed by atoms with Crippen molar-refractivity contribution < 1.29 is 28.3 Å². The summed E-state index contributed by atoms with van der Waals surface area (Å²) in [6, 6.07) is 3.34. The van der Waals surface area contributed by atoms with Crippen molar-refractivity contribution in [3.63, 3.8) is 0 Å². The minimum absolute atomic E-state index is 0.111. The van der Waals surface area contributed by atoms with Crippen LogP contribution in [-0.2, 0) is 30.3 Å². The SMILES string of the molecule is CCOC(=O)C[C@H](NC(=O)[C@@H](Cc1ccccc1F)NC(C)=O)C(N)=O. The summed E-state index contributed by atoms with van der Waals surface area (Å²) in [5.74, 6) is -3.45. The molecule has 0 aliphatic carbocycles. The first kappa shape index (κ1) is 21.1. The molecule has 3 amide bonds. The van der Waals surface area contributed by atoms with Crippen molar-refractivity contribution in [3.05, 3.63) is 35.6 Å². The topological polar surface area (TPSA) is 128 Å². The highest BCUT2D eigenvalue weighted by atomic mass is 19.1. The van der Waals surface area contributed by atoms with Gasteiger partial charge < -0.3 is 21.1 Å². The zero-order valence-electron chi connectivity index (χ0n) is 14.6. The molecular formula is C17H22FN3O5. The van der Waals surface area contributed by atoms with Crippen LogP contribution in [-0.4, -0.2) is 42.4 Å². The van der Waals surface area contributed by atoms with E-state index in [9.17, 15) is 23.6 Å². The van der Waals surface area contributed by atoms with Crippen molar-refractivity contribution in [3.8, 4) is 0 Å². The van der Waals surface area contributed by atoms with Crippen molar-refractivity contribution in [2.75, 3.05) is 6.61 Å². The van der Waals surface area contributed by atoms with Crippen LogP contribution in [0.3, 0.4) is 0 Å². The fourth-order valence-corrected chi connectivity index (χ4v) is 2.22. The first-order valence-corrected chi connectivity index (χ1v) is 8.00. The molecule has 0 saturated heterocycles. The first-order chi connectivity index (χ1) is 12.2. The molecule has 0 bridgehead atoms. The Morgan fingerprint density at radius 2 is 1.81 bits per heavy atom. The fraction of sp³-hybridized carbons (Fsp3) is 0.412. The second kappa shape index (κ2) is 10.1. The molecule has 0 aromatic heterocycles. The zero-order valence-corrected chi connectivity index (χ0v) is 14.6. The van der Waals surface area contributed by atoms with Gasteiger partial charge in [-0.2, -0.15) is 0 Å². The number of ether oxygens (including phenoxy) is 1. The molecule has 9 heteroatoms. The van der Waals surface area contributed by atoms with Gasteiger partial charge in [0.25, 0.3) is 0 Å². The fourth-order valence-electron chi connectivity index (χ4n) is 2.22. The van der Waals surface area contributed by atoms with Gasteiger partial charge in [0.15, 0.2) is 0 Å². The molecule has 0 aliphatic rings. The summed E-state index contributed by atoms with van der Waals surface area (Å²) in [6.07, 6.45) is -0.579. The number of primary amides is 1. The molecule has 0 aliphatic heterocycles. The number of amides is 3. The molecule has 0 spiro atoms. The highest BCUT2D eigenvalue weighted by Crippen LogP contribution is 2.10. The van der Waals surface area contributed by atoms with E-state index in [4.69, 9.17) is 10.5 Å². The average molecular weight is 367 g/mol. The number of carbonyl (C=O) groups excluding carboxylic acids is 4. The lowest BCUT2D eigenvalue weighted by molar-refractivity contribution is -0.145. The van der Waals surface area contributed by atoms with Crippen LogP contribution in [0, 0.1) is 5.82 Å². The predicted molar refractivity (Wildman–Crippen MR) is 90.1 cm³/mol. The lowest BCUT2D eigenvalue weighted by atomic mass is 10.0. The van der Waals surface area contributed by atoms with Gasteiger partial charge in [-0.3, -0.25) is 19.2 Å². The Kier molecular flexibility index (Phi) is 8.20. The van der Waals surface area contributed by atoms with Gasteiger partial charge in [-0.1, -0.05) is 18.2 Å². The number of carbonyl (C=O) groups is 4. The van der Waals surface area contributed by atoms with E-state index < -0.39 is 48.0 Å². The Labute approximate surface area is 150 Å². The van der Waals surface area contributed by atoms with Gasteiger partial charge in [0.2, 0.25) is 17.7 Å². The molecule has 1 aromatic carbocycles. The van der Waals surface area contributed by atoms with Gasteiger partial charge in [-0.25, -0.2) is 4.39 Å². The van der Waals surface area contributed by atoms with Crippen LogP contribution in [0.15, 0.2) is 24.3 Å². The Morgan fingerprint density at radius 3 is 2.35 bits per heavy atom. The summed E-state index contributed by atoms with van der Waals surface area (Å²) < 4.78 is 18.5. The highest BCUT2D eigenvalue weighted by Gasteiger charge is 2.27. The van der Waals surface area contributed by atoms with Crippen molar-refractivity contribution in [1.29, 1.82) is 0 Å². The van der Waals surface area contributed by atoms with Crippen LogP contribution in [0.4, 0.5) is 4.39 Å². The minimum Gasteiger partial charge on any atom is -0.466 e. The summed E-state index contributed by atoms with van der Waals surface area (Å²) in [6.45, 7) is 2.91. The zero-order chi connectivity index (χ0) is 19.7. The molecule has 0 heterocycles. The monoisotopic (exact) mass is 367 g/mol. The third-order valence-corrected chi connectivity index (χ3v) is 3.41. The third-order valence-electron chi connectivity index (χ3n) is 3.41. The van der Waals surface area contributed by atoms with Gasteiger partial charge in [0, 0.05) is 13.3 Å². The Balaban J connectivity index is 2.89. The summed E-state index contributed by atoms with van der Waals surface area (Å²) >= 11 is 0. The third kappa shape index (κ3) is 6.88. The minimum atomic E-state index is -1.31. The molecule has 8 nitrogen and oxygen atoms in total. The maximum atomic E-state index is 13.8. The van der Waals surface area contributed by atoms with E-state index in [2.05, 4.69) is 10.6 Å². The highest BCUT2D eigenvalue weighted by molar-refractivity contribution is 5.93. The average Bonchev–Trinajstić information content (AvgIpc) is 2.55. The summed E-state index contributed by atoms with van der Waals surface area (Å²) in [5.41, 5.74) is 5.41. The number of esters is 1. The van der Waals surface area contributed by atoms with E-state index in [0.29, 0.717) is 0 Å². The van der Waals surface area contributed by atoms with E-state index >= 15 is 0 Å². The predicted octanol–water partition coefficient (Wildman–Crippen LogP) is -0.204. The van der Waals surface area contributed by atoms with Gasteiger partial charge in [0.1, 0.15) is 17.9 Å². The van der Waals surface area contributed by atoms with Crippen LogP contribution in [0.2, 0.25) is 0 Å². The van der Waals surface area contributed by atoms with Crippen LogP contribution in [0.1, 0.15) is 25.8 Å². The van der Waals surface area contributed by atoms with E-state index in [1.165, 1.54) is 25.1 Å². The molecule has 0 radical (unpaired) electrons. The van der Waals surface area contributed by atoms with Crippen molar-refractivity contribution in [2.45, 2.75) is 38.8 Å².